The van der Waals surface area contributed by atoms with Gasteiger partial charge in [-0.3, -0.25) is 0 Å². The topological polar surface area (TPSA) is 12.0 Å². The predicted molar refractivity (Wildman–Crippen MR) is 93.4 cm³/mol. The Kier molecular flexibility index (Phi) is 6.85. The molecular weight excluding hydrogens is 301 g/mol. The van der Waals surface area contributed by atoms with Crippen LogP contribution in [0.15, 0.2) is 18.2 Å². The van der Waals surface area contributed by atoms with Crippen LogP contribution in [0.3, 0.4) is 0 Å². The summed E-state index contributed by atoms with van der Waals surface area (Å²) in [7, 11) is 0. The van der Waals surface area contributed by atoms with Gasteiger partial charge in [-0.2, -0.15) is 0 Å². The molecule has 3 heteroatoms. The number of nitrogens with one attached hydrogen (secondary N) is 1. The Bertz CT molecular complexity index is 447. The van der Waals surface area contributed by atoms with Crippen LogP contribution < -0.4 is 5.32 Å². The van der Waals surface area contributed by atoms with Crippen molar-refractivity contribution in [1.29, 1.82) is 0 Å². The van der Waals surface area contributed by atoms with Crippen molar-refractivity contribution in [2.24, 2.45) is 11.8 Å². The first-order valence-electron chi connectivity index (χ1n) is 8.31. The highest BCUT2D eigenvalue weighted by Gasteiger charge is 2.30. The molecule has 1 saturated carbocycles. The lowest BCUT2D eigenvalue weighted by Crippen LogP contribution is -2.41. The first-order chi connectivity index (χ1) is 10.1. The lowest BCUT2D eigenvalue weighted by Gasteiger charge is -2.37. The molecule has 1 aromatic rings. The monoisotopic (exact) mass is 327 g/mol. The Morgan fingerprint density at radius 1 is 1.19 bits per heavy atom. The first-order valence-corrected chi connectivity index (χ1v) is 9.06. The van der Waals surface area contributed by atoms with Gasteiger partial charge in [-0.1, -0.05) is 56.0 Å². The van der Waals surface area contributed by atoms with Crippen LogP contribution in [0.25, 0.3) is 0 Å². The molecule has 1 nitrogen and oxygen atoms in total. The highest BCUT2D eigenvalue weighted by molar-refractivity contribution is 6.35. The van der Waals surface area contributed by atoms with Crippen LogP contribution in [0.4, 0.5) is 0 Å². The molecule has 1 aliphatic rings. The van der Waals surface area contributed by atoms with Crippen molar-refractivity contribution in [3.63, 3.8) is 0 Å². The zero-order chi connectivity index (χ0) is 15.2. The van der Waals surface area contributed by atoms with Crippen molar-refractivity contribution in [3.8, 4) is 0 Å². The summed E-state index contributed by atoms with van der Waals surface area (Å²) < 4.78 is 0. The Balaban J connectivity index is 2.07. The standard InChI is InChI=1S/C18H27Cl2N/c1-3-5-13-6-9-18(21-4-2)15(10-13)11-14-7-8-16(19)12-17(14)20/h7-8,12-13,15,18,21H,3-6,9-11H2,1-2H3. The van der Waals surface area contributed by atoms with Crippen molar-refractivity contribution in [2.75, 3.05) is 6.54 Å². The highest BCUT2D eigenvalue weighted by Crippen LogP contribution is 2.35. The fourth-order valence-corrected chi connectivity index (χ4v) is 4.24. The molecule has 0 saturated heterocycles. The summed E-state index contributed by atoms with van der Waals surface area (Å²) in [6.07, 6.45) is 7.72. The summed E-state index contributed by atoms with van der Waals surface area (Å²) in [6.45, 7) is 5.54. The molecule has 1 aliphatic carbocycles. The smallest absolute Gasteiger partial charge is 0.0452 e. The maximum Gasteiger partial charge on any atom is 0.0452 e. The quantitative estimate of drug-likeness (QED) is 0.703. The van der Waals surface area contributed by atoms with Crippen LogP contribution in [0.5, 0.6) is 0 Å². The second-order valence-corrected chi connectivity index (χ2v) is 7.18. The average Bonchev–Trinajstić information content (AvgIpc) is 2.45. The molecule has 0 heterocycles. The molecule has 21 heavy (non-hydrogen) atoms. The third-order valence-electron chi connectivity index (χ3n) is 4.75. The Morgan fingerprint density at radius 3 is 2.67 bits per heavy atom. The summed E-state index contributed by atoms with van der Waals surface area (Å²) >= 11 is 12.4. The minimum Gasteiger partial charge on any atom is -0.314 e. The number of halogens is 2. The minimum absolute atomic E-state index is 0.634. The van der Waals surface area contributed by atoms with Crippen LogP contribution in [0, 0.1) is 11.8 Å². The van der Waals surface area contributed by atoms with E-state index in [0.29, 0.717) is 12.0 Å². The zero-order valence-electron chi connectivity index (χ0n) is 13.2. The molecule has 0 aliphatic heterocycles. The number of rotatable bonds is 6. The van der Waals surface area contributed by atoms with Gasteiger partial charge in [0.05, 0.1) is 0 Å². The Hall–Kier alpha value is -0.240. The molecule has 0 spiro atoms. The van der Waals surface area contributed by atoms with Crippen molar-refractivity contribution in [3.05, 3.63) is 33.8 Å². The summed E-state index contributed by atoms with van der Waals surface area (Å²) in [5, 5.41) is 5.22. The maximum absolute atomic E-state index is 6.37. The molecule has 0 amide bonds. The molecular formula is C18H27Cl2N. The van der Waals surface area contributed by atoms with E-state index >= 15 is 0 Å². The third-order valence-corrected chi connectivity index (χ3v) is 5.34. The van der Waals surface area contributed by atoms with Crippen LogP contribution in [0.1, 0.15) is 51.5 Å². The van der Waals surface area contributed by atoms with Gasteiger partial charge in [0, 0.05) is 16.1 Å². The molecule has 118 valence electrons. The fourth-order valence-electron chi connectivity index (χ4n) is 3.76. The molecule has 0 bridgehead atoms. The van der Waals surface area contributed by atoms with Crippen molar-refractivity contribution in [1.82, 2.24) is 5.32 Å². The van der Waals surface area contributed by atoms with Gasteiger partial charge >= 0.3 is 0 Å². The molecule has 1 aromatic carbocycles. The second-order valence-electron chi connectivity index (χ2n) is 6.33. The third kappa shape index (κ3) is 4.87. The fraction of sp³-hybridized carbons (Fsp3) is 0.667. The highest BCUT2D eigenvalue weighted by atomic mass is 35.5. The van der Waals surface area contributed by atoms with Crippen molar-refractivity contribution in [2.45, 2.75) is 58.4 Å². The summed E-state index contributed by atoms with van der Waals surface area (Å²) in [5.41, 5.74) is 1.24. The van der Waals surface area contributed by atoms with Crippen molar-refractivity contribution >= 4 is 23.2 Å². The largest absolute Gasteiger partial charge is 0.314 e. The SMILES string of the molecule is CCCC1CCC(NCC)C(Cc2ccc(Cl)cc2Cl)C1. The van der Waals surface area contributed by atoms with Gasteiger partial charge in [-0.25, -0.2) is 0 Å². The summed E-state index contributed by atoms with van der Waals surface area (Å²) in [6, 6.07) is 6.55. The second kappa shape index (κ2) is 8.41. The predicted octanol–water partition coefficient (Wildman–Crippen LogP) is 5.73. The number of hydrogen-bond donors (Lipinski definition) is 1. The van der Waals surface area contributed by atoms with Crippen LogP contribution in [-0.2, 0) is 6.42 Å². The van der Waals surface area contributed by atoms with Crippen LogP contribution >= 0.6 is 23.2 Å². The molecule has 2 rings (SSSR count). The minimum atomic E-state index is 0.634. The maximum atomic E-state index is 6.37. The lowest BCUT2D eigenvalue weighted by molar-refractivity contribution is 0.195. The number of benzene rings is 1. The Morgan fingerprint density at radius 2 is 2.00 bits per heavy atom. The van der Waals surface area contributed by atoms with E-state index in [9.17, 15) is 0 Å². The molecule has 3 unspecified atom stereocenters. The molecule has 1 N–H and O–H groups in total. The Labute approximate surface area is 139 Å². The van der Waals surface area contributed by atoms with Gasteiger partial charge < -0.3 is 5.32 Å². The van der Waals surface area contributed by atoms with Gasteiger partial charge in [-0.15, -0.1) is 0 Å². The van der Waals surface area contributed by atoms with E-state index in [-0.39, 0.29) is 0 Å². The lowest BCUT2D eigenvalue weighted by atomic mass is 9.74. The van der Waals surface area contributed by atoms with E-state index in [4.69, 9.17) is 23.2 Å². The summed E-state index contributed by atoms with van der Waals surface area (Å²) in [5.74, 6) is 1.58. The van der Waals surface area contributed by atoms with Crippen molar-refractivity contribution < 1.29 is 0 Å². The van der Waals surface area contributed by atoms with E-state index < -0.39 is 0 Å². The van der Waals surface area contributed by atoms with Gasteiger partial charge in [0.2, 0.25) is 0 Å². The molecule has 0 aromatic heterocycles. The van der Waals surface area contributed by atoms with E-state index in [1.54, 1.807) is 0 Å². The van der Waals surface area contributed by atoms with Gasteiger partial charge in [0.25, 0.3) is 0 Å². The molecule has 1 fully saturated rings. The average molecular weight is 328 g/mol. The number of hydrogen-bond acceptors (Lipinski definition) is 1. The normalized spacial score (nSPS) is 26.0. The van der Waals surface area contributed by atoms with Crippen LogP contribution in [-0.4, -0.2) is 12.6 Å². The van der Waals surface area contributed by atoms with E-state index in [1.165, 1.54) is 37.7 Å². The first kappa shape index (κ1) is 17.1. The van der Waals surface area contributed by atoms with E-state index in [2.05, 4.69) is 25.2 Å². The summed E-state index contributed by atoms with van der Waals surface area (Å²) in [4.78, 5) is 0. The van der Waals surface area contributed by atoms with Gasteiger partial charge in [0.1, 0.15) is 0 Å². The van der Waals surface area contributed by atoms with Gasteiger partial charge in [-0.05, 0) is 61.8 Å². The molecule has 3 atom stereocenters. The zero-order valence-corrected chi connectivity index (χ0v) is 14.7. The van der Waals surface area contributed by atoms with E-state index in [0.717, 1.165) is 28.9 Å². The van der Waals surface area contributed by atoms with Gasteiger partial charge in [0.15, 0.2) is 0 Å². The van der Waals surface area contributed by atoms with Crippen LogP contribution in [0.2, 0.25) is 10.0 Å². The van der Waals surface area contributed by atoms with E-state index in [1.807, 2.05) is 12.1 Å². The molecule has 0 radical (unpaired) electrons.